The van der Waals surface area contributed by atoms with Gasteiger partial charge in [-0.2, -0.15) is 0 Å². The van der Waals surface area contributed by atoms with E-state index in [1.807, 2.05) is 44.2 Å². The molecule has 1 N–H and O–H groups in total. The van der Waals surface area contributed by atoms with Gasteiger partial charge in [0.15, 0.2) is 0 Å². The molecule has 1 aromatic carbocycles. The largest absolute Gasteiger partial charge is 0.338 e. The molecule has 2 amide bonds. The van der Waals surface area contributed by atoms with Crippen molar-refractivity contribution in [3.8, 4) is 0 Å². The summed E-state index contributed by atoms with van der Waals surface area (Å²) in [6.45, 7) is 8.43. The Morgan fingerprint density at radius 1 is 1.24 bits per heavy atom. The van der Waals surface area contributed by atoms with Crippen LogP contribution in [-0.4, -0.2) is 28.8 Å². The van der Waals surface area contributed by atoms with Crippen molar-refractivity contribution in [2.24, 2.45) is 5.92 Å². The summed E-state index contributed by atoms with van der Waals surface area (Å²) in [6, 6.07) is 8.85. The minimum atomic E-state index is -0.800. The Morgan fingerprint density at radius 3 is 2.43 bits per heavy atom. The van der Waals surface area contributed by atoms with E-state index in [2.05, 4.69) is 19.2 Å². The zero-order valence-electron chi connectivity index (χ0n) is 13.2. The zero-order chi connectivity index (χ0) is 15.6. The summed E-state index contributed by atoms with van der Waals surface area (Å²) in [6.07, 6.45) is 0.984. The van der Waals surface area contributed by atoms with Gasteiger partial charge in [-0.3, -0.25) is 9.59 Å². The van der Waals surface area contributed by atoms with Crippen LogP contribution in [0.3, 0.4) is 0 Å². The zero-order valence-corrected chi connectivity index (χ0v) is 13.2. The predicted octanol–water partition coefficient (Wildman–Crippen LogP) is 2.51. The lowest BCUT2D eigenvalue weighted by Crippen LogP contribution is -2.65. The highest BCUT2D eigenvalue weighted by atomic mass is 16.2. The standard InChI is InChI=1S/C17H24N2O2/c1-5-12(2)11-19-15(20)14(13-9-7-6-8-10-13)18-16(21)17(19,3)4/h6-10,12,14H,5,11H2,1-4H3,(H,18,21). The quantitative estimate of drug-likeness (QED) is 0.925. The van der Waals surface area contributed by atoms with Crippen LogP contribution in [0.4, 0.5) is 0 Å². The molecule has 1 aromatic rings. The van der Waals surface area contributed by atoms with E-state index >= 15 is 0 Å². The minimum Gasteiger partial charge on any atom is -0.338 e. The third-order valence-electron chi connectivity index (χ3n) is 4.34. The van der Waals surface area contributed by atoms with E-state index < -0.39 is 11.6 Å². The first-order chi connectivity index (χ1) is 9.87. The third kappa shape index (κ3) is 2.94. The van der Waals surface area contributed by atoms with Crippen LogP contribution in [0.2, 0.25) is 0 Å². The van der Waals surface area contributed by atoms with E-state index in [1.54, 1.807) is 4.90 Å². The fourth-order valence-corrected chi connectivity index (χ4v) is 2.55. The molecule has 21 heavy (non-hydrogen) atoms. The highest BCUT2D eigenvalue weighted by Crippen LogP contribution is 2.29. The first-order valence-corrected chi connectivity index (χ1v) is 7.55. The van der Waals surface area contributed by atoms with Gasteiger partial charge in [-0.15, -0.1) is 0 Å². The molecule has 2 unspecified atom stereocenters. The molecule has 0 spiro atoms. The molecule has 1 aliphatic rings. The van der Waals surface area contributed by atoms with Gasteiger partial charge in [-0.25, -0.2) is 0 Å². The summed E-state index contributed by atoms with van der Waals surface area (Å²) in [5.41, 5.74) is 0.0340. The highest BCUT2D eigenvalue weighted by Gasteiger charge is 2.46. The van der Waals surface area contributed by atoms with Crippen molar-refractivity contribution in [2.45, 2.75) is 45.7 Å². The van der Waals surface area contributed by atoms with Gasteiger partial charge in [-0.1, -0.05) is 50.6 Å². The SMILES string of the molecule is CCC(C)CN1C(=O)C(c2ccccc2)NC(=O)C1(C)C. The van der Waals surface area contributed by atoms with Crippen LogP contribution >= 0.6 is 0 Å². The Morgan fingerprint density at radius 2 is 1.86 bits per heavy atom. The van der Waals surface area contributed by atoms with Crippen molar-refractivity contribution in [1.29, 1.82) is 0 Å². The van der Waals surface area contributed by atoms with Crippen molar-refractivity contribution in [2.75, 3.05) is 6.54 Å². The van der Waals surface area contributed by atoms with Gasteiger partial charge in [0, 0.05) is 6.54 Å². The summed E-state index contributed by atoms with van der Waals surface area (Å²) in [5.74, 6) is 0.251. The molecule has 2 rings (SSSR count). The molecule has 0 aromatic heterocycles. The van der Waals surface area contributed by atoms with E-state index in [1.165, 1.54) is 0 Å². The van der Waals surface area contributed by atoms with Crippen molar-refractivity contribution < 1.29 is 9.59 Å². The molecular formula is C17H24N2O2. The molecule has 1 heterocycles. The lowest BCUT2D eigenvalue weighted by Gasteiger charge is -2.45. The summed E-state index contributed by atoms with van der Waals surface area (Å²) in [7, 11) is 0. The van der Waals surface area contributed by atoms with Crippen LogP contribution in [0.5, 0.6) is 0 Å². The van der Waals surface area contributed by atoms with Crippen molar-refractivity contribution in [3.05, 3.63) is 35.9 Å². The minimum absolute atomic E-state index is 0.0221. The van der Waals surface area contributed by atoms with E-state index in [0.29, 0.717) is 12.5 Å². The summed E-state index contributed by atoms with van der Waals surface area (Å²) in [4.78, 5) is 27.0. The van der Waals surface area contributed by atoms with Gasteiger partial charge < -0.3 is 10.2 Å². The maximum absolute atomic E-state index is 12.8. The number of amides is 2. The van der Waals surface area contributed by atoms with E-state index in [-0.39, 0.29) is 11.8 Å². The van der Waals surface area contributed by atoms with Crippen LogP contribution in [0, 0.1) is 5.92 Å². The average Bonchev–Trinajstić information content (AvgIpc) is 2.48. The molecule has 1 fully saturated rings. The summed E-state index contributed by atoms with van der Waals surface area (Å²) < 4.78 is 0. The highest BCUT2D eigenvalue weighted by molar-refractivity contribution is 5.99. The molecule has 114 valence electrons. The number of rotatable bonds is 4. The van der Waals surface area contributed by atoms with Gasteiger partial charge >= 0.3 is 0 Å². The number of nitrogens with one attached hydrogen (secondary N) is 1. The van der Waals surface area contributed by atoms with Crippen molar-refractivity contribution in [3.63, 3.8) is 0 Å². The van der Waals surface area contributed by atoms with Crippen molar-refractivity contribution >= 4 is 11.8 Å². The van der Waals surface area contributed by atoms with E-state index in [9.17, 15) is 9.59 Å². The van der Waals surface area contributed by atoms with Gasteiger partial charge in [-0.05, 0) is 25.3 Å². The maximum Gasteiger partial charge on any atom is 0.250 e. The summed E-state index contributed by atoms with van der Waals surface area (Å²) in [5, 5.41) is 2.86. The number of nitrogens with zero attached hydrogens (tertiary/aromatic N) is 1. The van der Waals surface area contributed by atoms with Crippen LogP contribution in [-0.2, 0) is 9.59 Å². The van der Waals surface area contributed by atoms with Gasteiger partial charge in [0.05, 0.1) is 0 Å². The van der Waals surface area contributed by atoms with Crippen LogP contribution in [0.25, 0.3) is 0 Å². The molecule has 0 bridgehead atoms. The molecule has 4 nitrogen and oxygen atoms in total. The normalized spacial score (nSPS) is 22.9. The molecule has 0 radical (unpaired) electrons. The molecular weight excluding hydrogens is 264 g/mol. The molecule has 0 aliphatic carbocycles. The molecule has 0 saturated carbocycles. The fourth-order valence-electron chi connectivity index (χ4n) is 2.55. The first kappa shape index (κ1) is 15.5. The lowest BCUT2D eigenvalue weighted by atomic mass is 9.91. The Kier molecular flexibility index (Phi) is 4.35. The number of carbonyl (C=O) groups is 2. The number of carbonyl (C=O) groups excluding carboxylic acids is 2. The van der Waals surface area contributed by atoms with E-state index in [0.717, 1.165) is 12.0 Å². The number of hydrogen-bond acceptors (Lipinski definition) is 2. The monoisotopic (exact) mass is 288 g/mol. The topological polar surface area (TPSA) is 49.4 Å². The van der Waals surface area contributed by atoms with Gasteiger partial charge in [0.2, 0.25) is 5.91 Å². The lowest BCUT2D eigenvalue weighted by molar-refractivity contribution is -0.156. The van der Waals surface area contributed by atoms with Crippen LogP contribution in [0.1, 0.15) is 45.7 Å². The van der Waals surface area contributed by atoms with Gasteiger partial charge in [0.25, 0.3) is 5.91 Å². The van der Waals surface area contributed by atoms with Gasteiger partial charge in [0.1, 0.15) is 11.6 Å². The first-order valence-electron chi connectivity index (χ1n) is 7.55. The molecule has 1 aliphatic heterocycles. The fraction of sp³-hybridized carbons (Fsp3) is 0.529. The number of benzene rings is 1. The number of piperazine rings is 1. The molecule has 1 saturated heterocycles. The second-order valence-corrected chi connectivity index (χ2v) is 6.34. The number of hydrogen-bond donors (Lipinski definition) is 1. The van der Waals surface area contributed by atoms with Crippen molar-refractivity contribution in [1.82, 2.24) is 10.2 Å². The second-order valence-electron chi connectivity index (χ2n) is 6.34. The molecule has 4 heteroatoms. The average molecular weight is 288 g/mol. The third-order valence-corrected chi connectivity index (χ3v) is 4.34. The second kappa shape index (κ2) is 5.88. The summed E-state index contributed by atoms with van der Waals surface area (Å²) >= 11 is 0. The van der Waals surface area contributed by atoms with Crippen LogP contribution in [0.15, 0.2) is 30.3 Å². The Bertz CT molecular complexity index is 525. The predicted molar refractivity (Wildman–Crippen MR) is 82.6 cm³/mol. The Labute approximate surface area is 126 Å². The Hall–Kier alpha value is -1.84. The van der Waals surface area contributed by atoms with E-state index in [4.69, 9.17) is 0 Å². The smallest absolute Gasteiger partial charge is 0.250 e. The maximum atomic E-state index is 12.8. The molecule has 2 atom stereocenters. The van der Waals surface area contributed by atoms with Crippen LogP contribution < -0.4 is 5.32 Å². The Balaban J connectivity index is 2.32.